The normalized spacial score (nSPS) is 10.9. The molecule has 28 heavy (non-hydrogen) atoms. The molecule has 2 aromatic carbocycles. The Balaban J connectivity index is 1.96. The van der Waals surface area contributed by atoms with Crippen LogP contribution in [0.3, 0.4) is 0 Å². The molecule has 0 unspecified atom stereocenters. The van der Waals surface area contributed by atoms with Crippen LogP contribution in [-0.2, 0) is 16.0 Å². The predicted molar refractivity (Wildman–Crippen MR) is 107 cm³/mol. The highest BCUT2D eigenvalue weighted by molar-refractivity contribution is 5.90. The second-order valence-electron chi connectivity index (χ2n) is 6.33. The summed E-state index contributed by atoms with van der Waals surface area (Å²) < 4.78 is 6.35. The van der Waals surface area contributed by atoms with Gasteiger partial charge in [0, 0.05) is 17.3 Å². The van der Waals surface area contributed by atoms with E-state index in [-0.39, 0.29) is 17.9 Å². The number of rotatable bonds is 5. The molecule has 6 heteroatoms. The van der Waals surface area contributed by atoms with Crippen molar-refractivity contribution in [1.29, 1.82) is 0 Å². The van der Waals surface area contributed by atoms with Gasteiger partial charge in [-0.05, 0) is 12.5 Å². The number of aromatic nitrogens is 3. The Morgan fingerprint density at radius 1 is 1.04 bits per heavy atom. The van der Waals surface area contributed by atoms with Gasteiger partial charge in [0.2, 0.25) is 0 Å². The van der Waals surface area contributed by atoms with E-state index in [1.54, 1.807) is 6.92 Å². The van der Waals surface area contributed by atoms with Crippen molar-refractivity contribution in [1.82, 2.24) is 14.6 Å². The molecular weight excluding hydrogens is 354 g/mol. The monoisotopic (exact) mass is 373 g/mol. The van der Waals surface area contributed by atoms with Gasteiger partial charge in [0.05, 0.1) is 18.6 Å². The first kappa shape index (κ1) is 17.7. The first-order chi connectivity index (χ1) is 13.7. The summed E-state index contributed by atoms with van der Waals surface area (Å²) in [5.74, 6) is -0.383. The number of fused-ring (bicyclic) bond motifs is 1. The van der Waals surface area contributed by atoms with Crippen LogP contribution in [0.5, 0.6) is 0 Å². The van der Waals surface area contributed by atoms with Gasteiger partial charge in [-0.3, -0.25) is 9.59 Å². The summed E-state index contributed by atoms with van der Waals surface area (Å²) in [6, 6.07) is 20.9. The minimum atomic E-state index is -0.383. The fourth-order valence-electron chi connectivity index (χ4n) is 3.23. The third-order valence-corrected chi connectivity index (χ3v) is 4.42. The number of ether oxygens (including phenoxy) is 1. The molecule has 4 rings (SSSR count). The largest absolute Gasteiger partial charge is 0.466 e. The minimum absolute atomic E-state index is 0.000337. The summed E-state index contributed by atoms with van der Waals surface area (Å²) in [6.07, 6.45) is -0.000337. The number of H-pyrrole nitrogens is 1. The Bertz CT molecular complexity index is 1180. The van der Waals surface area contributed by atoms with Crippen molar-refractivity contribution in [3.63, 3.8) is 0 Å². The molecule has 0 saturated heterocycles. The van der Waals surface area contributed by atoms with E-state index in [9.17, 15) is 9.59 Å². The zero-order valence-corrected chi connectivity index (χ0v) is 15.4. The summed E-state index contributed by atoms with van der Waals surface area (Å²) in [5, 5.41) is 4.57. The van der Waals surface area contributed by atoms with Gasteiger partial charge in [0.25, 0.3) is 5.56 Å². The van der Waals surface area contributed by atoms with Gasteiger partial charge in [0.15, 0.2) is 0 Å². The van der Waals surface area contributed by atoms with Crippen molar-refractivity contribution >= 4 is 11.6 Å². The van der Waals surface area contributed by atoms with E-state index in [0.717, 1.165) is 16.7 Å². The minimum Gasteiger partial charge on any atom is -0.466 e. The number of aromatic amines is 1. The molecule has 0 fully saturated rings. The summed E-state index contributed by atoms with van der Waals surface area (Å²) in [5.41, 5.74) is 4.10. The van der Waals surface area contributed by atoms with Gasteiger partial charge in [-0.15, -0.1) is 0 Å². The van der Waals surface area contributed by atoms with Crippen LogP contribution in [0.25, 0.3) is 28.0 Å². The number of benzene rings is 2. The summed E-state index contributed by atoms with van der Waals surface area (Å²) >= 11 is 0. The lowest BCUT2D eigenvalue weighted by molar-refractivity contribution is -0.142. The predicted octanol–water partition coefficient (Wildman–Crippen LogP) is 3.46. The molecule has 4 aromatic rings. The highest BCUT2D eigenvalue weighted by Crippen LogP contribution is 2.33. The molecule has 0 aliphatic carbocycles. The maximum atomic E-state index is 12.7. The average molecular weight is 373 g/mol. The number of carbonyl (C=O) groups is 1. The molecule has 0 spiro atoms. The SMILES string of the molecule is CCOC(=O)Cc1cc(=O)n2nc(-c3ccccc3)c(-c3ccccc3)c2[nH]1. The Labute approximate surface area is 161 Å². The molecule has 6 nitrogen and oxygen atoms in total. The van der Waals surface area contributed by atoms with Gasteiger partial charge >= 0.3 is 5.97 Å². The fraction of sp³-hybridized carbons (Fsp3) is 0.136. The van der Waals surface area contributed by atoms with Gasteiger partial charge in [-0.25, -0.2) is 0 Å². The van der Waals surface area contributed by atoms with Crippen molar-refractivity contribution < 1.29 is 9.53 Å². The van der Waals surface area contributed by atoms with Crippen molar-refractivity contribution in [3.8, 4) is 22.4 Å². The maximum Gasteiger partial charge on any atom is 0.311 e. The van der Waals surface area contributed by atoms with E-state index in [4.69, 9.17) is 4.74 Å². The van der Waals surface area contributed by atoms with E-state index >= 15 is 0 Å². The third-order valence-electron chi connectivity index (χ3n) is 4.42. The molecule has 2 aromatic heterocycles. The Morgan fingerprint density at radius 3 is 2.32 bits per heavy atom. The number of carbonyl (C=O) groups excluding carboxylic acids is 1. The van der Waals surface area contributed by atoms with Crippen LogP contribution in [0.15, 0.2) is 71.5 Å². The highest BCUT2D eigenvalue weighted by Gasteiger charge is 2.19. The lowest BCUT2D eigenvalue weighted by Gasteiger charge is -2.06. The zero-order chi connectivity index (χ0) is 19.5. The van der Waals surface area contributed by atoms with E-state index < -0.39 is 0 Å². The number of nitrogens with one attached hydrogen (secondary N) is 1. The van der Waals surface area contributed by atoms with Gasteiger partial charge in [0.1, 0.15) is 11.3 Å². The van der Waals surface area contributed by atoms with Crippen LogP contribution in [-0.4, -0.2) is 27.2 Å². The van der Waals surface area contributed by atoms with Crippen molar-refractivity contribution in [2.24, 2.45) is 0 Å². The quantitative estimate of drug-likeness (QED) is 0.544. The number of esters is 1. The molecule has 0 aliphatic heterocycles. The van der Waals surface area contributed by atoms with Crippen molar-refractivity contribution in [2.75, 3.05) is 6.61 Å². The lowest BCUT2D eigenvalue weighted by atomic mass is 10.0. The summed E-state index contributed by atoms with van der Waals surface area (Å²) in [7, 11) is 0. The highest BCUT2D eigenvalue weighted by atomic mass is 16.5. The smallest absolute Gasteiger partial charge is 0.311 e. The van der Waals surface area contributed by atoms with Gasteiger partial charge in [-0.2, -0.15) is 9.61 Å². The molecule has 2 heterocycles. The first-order valence-electron chi connectivity index (χ1n) is 9.08. The van der Waals surface area contributed by atoms with Crippen LogP contribution < -0.4 is 5.56 Å². The molecule has 0 saturated carbocycles. The lowest BCUT2D eigenvalue weighted by Crippen LogP contribution is -2.18. The van der Waals surface area contributed by atoms with E-state index in [1.807, 2.05) is 60.7 Å². The Morgan fingerprint density at radius 2 is 1.68 bits per heavy atom. The molecule has 140 valence electrons. The fourth-order valence-corrected chi connectivity index (χ4v) is 3.23. The van der Waals surface area contributed by atoms with Crippen LogP contribution in [0.2, 0.25) is 0 Å². The van der Waals surface area contributed by atoms with Gasteiger partial charge in [-0.1, -0.05) is 60.7 Å². The van der Waals surface area contributed by atoms with E-state index in [2.05, 4.69) is 10.1 Å². The standard InChI is InChI=1S/C22H19N3O3/c1-2-28-19(27)14-17-13-18(26)25-22(23-17)20(15-9-5-3-6-10-15)21(24-25)16-11-7-4-8-12-16/h3-13,23H,2,14H2,1H3. The van der Waals surface area contributed by atoms with Crippen molar-refractivity contribution in [3.05, 3.63) is 82.8 Å². The van der Waals surface area contributed by atoms with Crippen LogP contribution in [0.4, 0.5) is 0 Å². The third kappa shape index (κ3) is 3.32. The molecular formula is C22H19N3O3. The Kier molecular flexibility index (Phi) is 4.76. The molecule has 0 atom stereocenters. The molecule has 0 amide bonds. The second kappa shape index (κ2) is 7.52. The topological polar surface area (TPSA) is 76.5 Å². The van der Waals surface area contributed by atoms with Crippen LogP contribution in [0.1, 0.15) is 12.6 Å². The first-order valence-corrected chi connectivity index (χ1v) is 9.08. The number of hydrogen-bond donors (Lipinski definition) is 1. The molecule has 0 aliphatic rings. The second-order valence-corrected chi connectivity index (χ2v) is 6.33. The molecule has 0 bridgehead atoms. The summed E-state index contributed by atoms with van der Waals surface area (Å²) in [6.45, 7) is 2.05. The van der Waals surface area contributed by atoms with Crippen LogP contribution in [0, 0.1) is 0 Å². The Hall–Kier alpha value is -3.67. The molecule has 1 N–H and O–H groups in total. The molecule has 0 radical (unpaired) electrons. The number of nitrogens with zero attached hydrogens (tertiary/aromatic N) is 2. The van der Waals surface area contributed by atoms with E-state index in [1.165, 1.54) is 10.6 Å². The van der Waals surface area contributed by atoms with Gasteiger partial charge < -0.3 is 9.72 Å². The van der Waals surface area contributed by atoms with Crippen molar-refractivity contribution in [2.45, 2.75) is 13.3 Å². The zero-order valence-electron chi connectivity index (χ0n) is 15.4. The average Bonchev–Trinajstić information content (AvgIpc) is 3.09. The maximum absolute atomic E-state index is 12.7. The number of hydrogen-bond acceptors (Lipinski definition) is 4. The summed E-state index contributed by atoms with van der Waals surface area (Å²) in [4.78, 5) is 27.8. The van der Waals surface area contributed by atoms with E-state index in [0.29, 0.717) is 23.6 Å². The van der Waals surface area contributed by atoms with Crippen LogP contribution >= 0.6 is 0 Å².